The average Bonchev–Trinajstić information content (AvgIpc) is 3.85. The van der Waals surface area contributed by atoms with E-state index >= 15 is 4.79 Å². The van der Waals surface area contributed by atoms with Crippen molar-refractivity contribution in [3.8, 4) is 0 Å². The van der Waals surface area contributed by atoms with Crippen LogP contribution in [0.3, 0.4) is 0 Å². The van der Waals surface area contributed by atoms with Crippen LogP contribution in [0.25, 0.3) is 0 Å². The van der Waals surface area contributed by atoms with Crippen molar-refractivity contribution in [2.75, 3.05) is 44.8 Å². The Kier molecular flexibility index (Phi) is 11.2. The molecule has 8 aliphatic rings. The van der Waals surface area contributed by atoms with E-state index in [0.29, 0.717) is 40.3 Å². The summed E-state index contributed by atoms with van der Waals surface area (Å²) in [6.45, 7) is 3.09. The molecule has 12 nitrogen and oxygen atoms in total. The first-order valence-electron chi connectivity index (χ1n) is 26.2. The van der Waals surface area contributed by atoms with Crippen LogP contribution in [-0.4, -0.2) is 64.5 Å². The molecule has 3 atom stereocenters. The minimum atomic E-state index is -3.68. The second-order valence-corrected chi connectivity index (χ2v) is 28.6. The standard InChI is InChI=1S/C56H68N4O8S3/c1-52(14-7-15-52)49(62)36-10-6-11-37(26-36)50(63)60-34-55(20-18-53(16-17-53)19-21-55)42-30-44(58-71(3,67)68)40(29-46(42)60)43-31-54(43)22-24-56(25-23-54)33-59(45-13-12-39(28-41(45)56)57-70(2,65)66)51(64)47-27-38(32-69-47)48(61)35-8-4-5-9-35/h6,10-13,26-30,32,35,43,48-49,57-58,61-62H,4-5,7-9,14-25,31,33-34H2,1-3H3. The molecular weight excluding hydrogens is 953 g/mol. The van der Waals surface area contributed by atoms with Crippen molar-refractivity contribution in [1.82, 2.24) is 0 Å². The third-order valence-corrected chi connectivity index (χ3v) is 21.6. The van der Waals surface area contributed by atoms with Gasteiger partial charge in [-0.1, -0.05) is 38.3 Å². The number of thiophene rings is 1. The monoisotopic (exact) mass is 1020 g/mol. The van der Waals surface area contributed by atoms with E-state index in [2.05, 4.69) is 28.5 Å². The number of fused-ring (bicyclic) bond motifs is 4. The number of aliphatic hydroxyl groups excluding tert-OH is 2. The van der Waals surface area contributed by atoms with E-state index in [1.165, 1.54) is 30.4 Å². The van der Waals surface area contributed by atoms with Crippen LogP contribution >= 0.6 is 11.3 Å². The maximum atomic E-state index is 15.0. The van der Waals surface area contributed by atoms with E-state index in [1.807, 2.05) is 57.6 Å². The summed E-state index contributed by atoms with van der Waals surface area (Å²) in [6, 6.07) is 19.1. The molecule has 71 heavy (non-hydrogen) atoms. The predicted molar refractivity (Wildman–Crippen MR) is 280 cm³/mol. The predicted octanol–water partition coefficient (Wildman–Crippen LogP) is 10.8. The van der Waals surface area contributed by atoms with Gasteiger partial charge in [-0.3, -0.25) is 19.0 Å². The largest absolute Gasteiger partial charge is 0.388 e. The highest BCUT2D eigenvalue weighted by Crippen LogP contribution is 2.71. The number of nitrogens with one attached hydrogen (secondary N) is 2. The normalized spacial score (nSPS) is 24.9. The van der Waals surface area contributed by atoms with Gasteiger partial charge in [0.25, 0.3) is 11.8 Å². The first-order valence-corrected chi connectivity index (χ1v) is 30.8. The number of hydrogen-bond donors (Lipinski definition) is 4. The molecule has 2 amide bonds. The van der Waals surface area contributed by atoms with Gasteiger partial charge in [0.15, 0.2) is 0 Å². The Bertz CT molecular complexity index is 3060. The molecule has 0 bridgehead atoms. The van der Waals surface area contributed by atoms with Gasteiger partial charge < -0.3 is 20.0 Å². The fraction of sp³-hybridized carbons (Fsp3) is 0.571. The van der Waals surface area contributed by atoms with Crippen LogP contribution in [0.1, 0.15) is 188 Å². The molecule has 0 saturated heterocycles. The third-order valence-electron chi connectivity index (χ3n) is 19.5. The highest BCUT2D eigenvalue weighted by atomic mass is 32.2. The lowest BCUT2D eigenvalue weighted by Crippen LogP contribution is -2.40. The lowest BCUT2D eigenvalue weighted by molar-refractivity contribution is -0.0220. The molecule has 4 spiro atoms. The van der Waals surface area contributed by atoms with Crippen molar-refractivity contribution in [1.29, 1.82) is 0 Å². The highest BCUT2D eigenvalue weighted by molar-refractivity contribution is 7.92. The van der Waals surface area contributed by atoms with Gasteiger partial charge in [0, 0.05) is 46.5 Å². The SMILES string of the molecule is CC1(C(O)c2cccc(C(=O)N3CC4(CCC5(CC5)CC4)c4cc(NS(C)(=O)=O)c(C5CC56CCC5(CC6)CN(C(=O)c6cc(C(O)C7CCCC7)cs6)c6ccc(NS(C)(=O)=O)cc65)cc43)c2)CCC1. The molecule has 378 valence electrons. The van der Waals surface area contributed by atoms with E-state index in [1.54, 1.807) is 6.07 Å². The Morgan fingerprint density at radius 2 is 1.32 bits per heavy atom. The highest BCUT2D eigenvalue weighted by Gasteiger charge is 2.61. The Morgan fingerprint density at radius 1 is 0.690 bits per heavy atom. The Morgan fingerprint density at radius 3 is 1.96 bits per heavy atom. The van der Waals surface area contributed by atoms with Gasteiger partial charge in [0.05, 0.1) is 35.3 Å². The van der Waals surface area contributed by atoms with Crippen LogP contribution < -0.4 is 19.2 Å². The van der Waals surface area contributed by atoms with Crippen molar-refractivity contribution in [2.45, 2.75) is 151 Å². The quantitative estimate of drug-likeness (QED) is 0.115. The van der Waals surface area contributed by atoms with E-state index in [0.717, 1.165) is 148 Å². The first kappa shape index (κ1) is 47.7. The summed E-state index contributed by atoms with van der Waals surface area (Å²) in [4.78, 5) is 34.0. The zero-order chi connectivity index (χ0) is 49.5. The van der Waals surface area contributed by atoms with Crippen LogP contribution in [0.4, 0.5) is 22.7 Å². The molecule has 3 heterocycles. The first-order chi connectivity index (χ1) is 33.7. The zero-order valence-corrected chi connectivity index (χ0v) is 43.7. The molecule has 1 aromatic heterocycles. The molecule has 6 fully saturated rings. The number of amides is 2. The van der Waals surface area contributed by atoms with E-state index in [4.69, 9.17) is 0 Å². The van der Waals surface area contributed by atoms with Crippen LogP contribution in [0, 0.1) is 22.2 Å². The van der Waals surface area contributed by atoms with Crippen molar-refractivity contribution in [2.24, 2.45) is 22.2 Å². The molecule has 2 aliphatic heterocycles. The fourth-order valence-corrected chi connectivity index (χ4v) is 16.7. The summed E-state index contributed by atoms with van der Waals surface area (Å²) < 4.78 is 57.1. The molecule has 3 aromatic carbocycles. The summed E-state index contributed by atoms with van der Waals surface area (Å²) in [5.74, 6) is 0.000446. The van der Waals surface area contributed by atoms with Gasteiger partial charge in [-0.15, -0.1) is 11.3 Å². The number of rotatable bonds is 11. The van der Waals surface area contributed by atoms with E-state index in [9.17, 15) is 31.8 Å². The zero-order valence-electron chi connectivity index (χ0n) is 41.3. The number of aliphatic hydroxyl groups is 2. The topological polar surface area (TPSA) is 173 Å². The van der Waals surface area contributed by atoms with Crippen LogP contribution in [-0.2, 0) is 30.9 Å². The van der Waals surface area contributed by atoms with Gasteiger partial charge in [-0.25, -0.2) is 16.8 Å². The Hall–Kier alpha value is -4.28. The number of hydrogen-bond acceptors (Lipinski definition) is 9. The number of benzene rings is 3. The van der Waals surface area contributed by atoms with E-state index < -0.39 is 37.7 Å². The molecule has 4 N–H and O–H groups in total. The van der Waals surface area contributed by atoms with Gasteiger partial charge in [-0.2, -0.15) is 0 Å². The van der Waals surface area contributed by atoms with Crippen molar-refractivity contribution in [3.05, 3.63) is 104 Å². The minimum Gasteiger partial charge on any atom is -0.388 e. The Labute approximate surface area is 423 Å². The van der Waals surface area contributed by atoms with Gasteiger partial charge >= 0.3 is 0 Å². The maximum absolute atomic E-state index is 15.0. The second-order valence-electron chi connectivity index (χ2n) is 24.2. The summed E-state index contributed by atoms with van der Waals surface area (Å²) in [6.07, 6.45) is 18.8. The fourth-order valence-electron chi connectivity index (χ4n) is 14.7. The molecule has 12 rings (SSSR count). The molecule has 4 aromatic rings. The average molecular weight is 1020 g/mol. The second kappa shape index (κ2) is 16.6. The summed E-state index contributed by atoms with van der Waals surface area (Å²) in [5, 5.41) is 24.6. The number of anilines is 4. The van der Waals surface area contributed by atoms with Gasteiger partial charge in [0.1, 0.15) is 0 Å². The van der Waals surface area contributed by atoms with Crippen molar-refractivity contribution < 1.29 is 36.6 Å². The smallest absolute Gasteiger partial charge is 0.268 e. The van der Waals surface area contributed by atoms with Crippen LogP contribution in [0.15, 0.2) is 66.0 Å². The molecule has 3 unspecified atom stereocenters. The van der Waals surface area contributed by atoms with Crippen molar-refractivity contribution >= 4 is 65.9 Å². The summed E-state index contributed by atoms with van der Waals surface area (Å²) >= 11 is 1.36. The lowest BCUT2D eigenvalue weighted by Gasteiger charge is -2.42. The van der Waals surface area contributed by atoms with Crippen LogP contribution in [0.5, 0.6) is 0 Å². The lowest BCUT2D eigenvalue weighted by atomic mass is 9.65. The molecular formula is C56H68N4O8S3. The van der Waals surface area contributed by atoms with Gasteiger partial charge in [-0.05, 0) is 206 Å². The van der Waals surface area contributed by atoms with Crippen LogP contribution in [0.2, 0.25) is 0 Å². The number of sulfonamides is 2. The third kappa shape index (κ3) is 8.35. The van der Waals surface area contributed by atoms with E-state index in [-0.39, 0.29) is 39.9 Å². The number of nitrogens with zero attached hydrogens (tertiary/aromatic N) is 2. The molecule has 0 radical (unpaired) electrons. The maximum Gasteiger partial charge on any atom is 0.268 e. The number of carbonyl (C=O) groups is 2. The number of carbonyl (C=O) groups excluding carboxylic acids is 2. The summed E-state index contributed by atoms with van der Waals surface area (Å²) in [5.41, 5.74) is 7.01. The minimum absolute atomic E-state index is 0.0263. The van der Waals surface area contributed by atoms with Crippen molar-refractivity contribution in [3.63, 3.8) is 0 Å². The van der Waals surface area contributed by atoms with Gasteiger partial charge in [0.2, 0.25) is 20.0 Å². The Balaban J connectivity index is 0.863. The molecule has 6 aliphatic carbocycles. The summed E-state index contributed by atoms with van der Waals surface area (Å²) in [7, 11) is -7.25. The molecule has 6 saturated carbocycles. The molecule has 15 heteroatoms.